The first kappa shape index (κ1) is 13.5. The first-order valence-corrected chi connectivity index (χ1v) is 8.06. The molecule has 17 heavy (non-hydrogen) atoms. The van der Waals surface area contributed by atoms with Gasteiger partial charge in [0.25, 0.3) is 0 Å². The van der Waals surface area contributed by atoms with Gasteiger partial charge in [-0.3, -0.25) is 0 Å². The Bertz CT molecular complexity index is 340. The van der Waals surface area contributed by atoms with Crippen molar-refractivity contribution in [1.29, 1.82) is 0 Å². The Labute approximate surface area is 117 Å². The predicted octanol–water partition coefficient (Wildman–Crippen LogP) is 2.98. The Balaban J connectivity index is 1.67. The van der Waals surface area contributed by atoms with Gasteiger partial charge in [-0.2, -0.15) is 0 Å². The van der Waals surface area contributed by atoms with E-state index >= 15 is 0 Å². The number of nitrogens with zero attached hydrogens (tertiary/aromatic N) is 1. The lowest BCUT2D eigenvalue weighted by molar-refractivity contribution is 0.327. The lowest BCUT2D eigenvalue weighted by Crippen LogP contribution is -2.27. The van der Waals surface area contributed by atoms with Crippen LogP contribution >= 0.6 is 27.3 Å². The van der Waals surface area contributed by atoms with Crippen molar-refractivity contribution in [2.24, 2.45) is 5.92 Å². The van der Waals surface area contributed by atoms with E-state index in [2.05, 4.69) is 45.2 Å². The van der Waals surface area contributed by atoms with Gasteiger partial charge in [-0.05, 0) is 66.5 Å². The van der Waals surface area contributed by atoms with Crippen LogP contribution in [0.5, 0.6) is 0 Å². The summed E-state index contributed by atoms with van der Waals surface area (Å²) in [4.78, 5) is 4.10. The summed E-state index contributed by atoms with van der Waals surface area (Å²) in [5.41, 5.74) is 0. The third-order valence-electron chi connectivity index (χ3n) is 3.36. The Morgan fingerprint density at radius 3 is 3.12 bits per heavy atom. The molecular weight excluding hydrogens is 296 g/mol. The molecule has 1 unspecified atom stereocenters. The van der Waals surface area contributed by atoms with E-state index in [-0.39, 0.29) is 0 Å². The van der Waals surface area contributed by atoms with Crippen molar-refractivity contribution in [2.75, 3.05) is 32.7 Å². The zero-order chi connectivity index (χ0) is 12.1. The quantitative estimate of drug-likeness (QED) is 0.868. The molecule has 1 aliphatic heterocycles. The second-order valence-corrected chi connectivity index (χ2v) is 7.27. The molecule has 0 radical (unpaired) electrons. The molecule has 1 saturated heterocycles. The summed E-state index contributed by atoms with van der Waals surface area (Å²) in [7, 11) is 0. The lowest BCUT2D eigenvalue weighted by atomic mass is 10.1. The van der Waals surface area contributed by atoms with Crippen molar-refractivity contribution in [3.05, 3.63) is 20.8 Å². The minimum absolute atomic E-state index is 0.866. The highest BCUT2D eigenvalue weighted by atomic mass is 79.9. The lowest BCUT2D eigenvalue weighted by Gasteiger charge is -2.15. The smallest absolute Gasteiger partial charge is 0.0701 e. The zero-order valence-corrected chi connectivity index (χ0v) is 12.8. The van der Waals surface area contributed by atoms with E-state index in [1.807, 2.05) is 11.3 Å². The van der Waals surface area contributed by atoms with Gasteiger partial charge in [0.2, 0.25) is 0 Å². The summed E-state index contributed by atoms with van der Waals surface area (Å²) < 4.78 is 1.25. The predicted molar refractivity (Wildman–Crippen MR) is 78.8 cm³/mol. The zero-order valence-electron chi connectivity index (χ0n) is 10.4. The summed E-state index contributed by atoms with van der Waals surface area (Å²) in [6.07, 6.45) is 2.56. The molecule has 2 heterocycles. The molecule has 0 saturated carbocycles. The van der Waals surface area contributed by atoms with Crippen LogP contribution in [0.2, 0.25) is 0 Å². The van der Waals surface area contributed by atoms with Gasteiger partial charge in [0.1, 0.15) is 0 Å². The molecule has 1 aliphatic rings. The van der Waals surface area contributed by atoms with E-state index in [4.69, 9.17) is 0 Å². The molecular formula is C13H21BrN2S. The van der Waals surface area contributed by atoms with Gasteiger partial charge in [0.05, 0.1) is 3.79 Å². The normalized spacial score (nSPS) is 21.2. The fraction of sp³-hybridized carbons (Fsp3) is 0.692. The molecule has 4 heteroatoms. The number of hydrogen-bond acceptors (Lipinski definition) is 3. The number of hydrogen-bond donors (Lipinski definition) is 1. The number of rotatable bonds is 6. The maximum absolute atomic E-state index is 3.52. The van der Waals surface area contributed by atoms with E-state index < -0.39 is 0 Å². The van der Waals surface area contributed by atoms with Crippen LogP contribution in [-0.2, 0) is 6.42 Å². The molecule has 1 atom stereocenters. The maximum Gasteiger partial charge on any atom is 0.0701 e. The maximum atomic E-state index is 3.52. The fourth-order valence-electron chi connectivity index (χ4n) is 2.39. The van der Waals surface area contributed by atoms with Gasteiger partial charge in [0, 0.05) is 18.0 Å². The van der Waals surface area contributed by atoms with Crippen molar-refractivity contribution in [3.8, 4) is 0 Å². The van der Waals surface area contributed by atoms with E-state index in [0.717, 1.165) is 12.5 Å². The minimum Gasteiger partial charge on any atom is -0.317 e. The van der Waals surface area contributed by atoms with Crippen molar-refractivity contribution < 1.29 is 0 Å². The standard InChI is InChI=1S/C13H21BrN2S/c1-2-15-9-11-5-7-16(10-11)8-6-12-3-4-13(14)17-12/h3-4,11,15H,2,5-10H2,1H3. The molecule has 2 nitrogen and oxygen atoms in total. The Kier molecular flexibility index (Phi) is 5.48. The largest absolute Gasteiger partial charge is 0.317 e. The summed E-state index contributed by atoms with van der Waals surface area (Å²) in [5.74, 6) is 0.866. The Hall–Kier alpha value is 0.1000. The fourth-order valence-corrected chi connectivity index (χ4v) is 3.86. The van der Waals surface area contributed by atoms with E-state index in [0.29, 0.717) is 0 Å². The van der Waals surface area contributed by atoms with Gasteiger partial charge in [-0.1, -0.05) is 6.92 Å². The molecule has 2 rings (SSSR count). The topological polar surface area (TPSA) is 15.3 Å². The van der Waals surface area contributed by atoms with Crippen LogP contribution in [-0.4, -0.2) is 37.6 Å². The molecule has 1 aromatic rings. The second kappa shape index (κ2) is 6.88. The number of thiophene rings is 1. The van der Waals surface area contributed by atoms with Gasteiger partial charge in [0.15, 0.2) is 0 Å². The van der Waals surface area contributed by atoms with Gasteiger partial charge in [-0.25, -0.2) is 0 Å². The van der Waals surface area contributed by atoms with Crippen molar-refractivity contribution in [2.45, 2.75) is 19.8 Å². The molecule has 0 amide bonds. The minimum atomic E-state index is 0.866. The summed E-state index contributed by atoms with van der Waals surface area (Å²) >= 11 is 5.38. The molecule has 1 N–H and O–H groups in total. The highest BCUT2D eigenvalue weighted by Gasteiger charge is 2.21. The molecule has 0 aromatic carbocycles. The molecule has 96 valence electrons. The third-order valence-corrected chi connectivity index (χ3v) is 5.04. The monoisotopic (exact) mass is 316 g/mol. The van der Waals surface area contributed by atoms with Crippen LogP contribution in [0.15, 0.2) is 15.9 Å². The van der Waals surface area contributed by atoms with Crippen LogP contribution < -0.4 is 5.32 Å². The van der Waals surface area contributed by atoms with Crippen LogP contribution in [0, 0.1) is 5.92 Å². The van der Waals surface area contributed by atoms with E-state index in [1.54, 1.807) is 0 Å². The number of halogens is 1. The van der Waals surface area contributed by atoms with Gasteiger partial charge in [-0.15, -0.1) is 11.3 Å². The van der Waals surface area contributed by atoms with E-state index in [1.165, 1.54) is 47.7 Å². The Morgan fingerprint density at radius 1 is 1.53 bits per heavy atom. The van der Waals surface area contributed by atoms with Gasteiger partial charge < -0.3 is 10.2 Å². The first-order valence-electron chi connectivity index (χ1n) is 6.45. The Morgan fingerprint density at radius 2 is 2.41 bits per heavy atom. The van der Waals surface area contributed by atoms with Crippen molar-refractivity contribution >= 4 is 27.3 Å². The number of nitrogens with one attached hydrogen (secondary N) is 1. The molecule has 0 aliphatic carbocycles. The number of likely N-dealkylation sites (tertiary alicyclic amines) is 1. The van der Waals surface area contributed by atoms with Crippen molar-refractivity contribution in [3.63, 3.8) is 0 Å². The van der Waals surface area contributed by atoms with Crippen LogP contribution in [0.4, 0.5) is 0 Å². The molecule has 0 bridgehead atoms. The highest BCUT2D eigenvalue weighted by molar-refractivity contribution is 9.11. The molecule has 1 fully saturated rings. The summed E-state index contributed by atoms with van der Waals surface area (Å²) in [5, 5.41) is 3.46. The second-order valence-electron chi connectivity index (χ2n) is 4.72. The first-order chi connectivity index (χ1) is 8.28. The molecule has 0 spiro atoms. The van der Waals surface area contributed by atoms with Gasteiger partial charge >= 0.3 is 0 Å². The average molecular weight is 317 g/mol. The third kappa shape index (κ3) is 4.36. The van der Waals surface area contributed by atoms with Crippen LogP contribution in [0.3, 0.4) is 0 Å². The van der Waals surface area contributed by atoms with E-state index in [9.17, 15) is 0 Å². The van der Waals surface area contributed by atoms with Crippen molar-refractivity contribution in [1.82, 2.24) is 10.2 Å². The van der Waals surface area contributed by atoms with Crippen LogP contribution in [0.1, 0.15) is 18.2 Å². The molecule has 1 aromatic heterocycles. The summed E-state index contributed by atoms with van der Waals surface area (Å²) in [6, 6.07) is 4.39. The average Bonchev–Trinajstić information content (AvgIpc) is 2.93. The van der Waals surface area contributed by atoms with Crippen LogP contribution in [0.25, 0.3) is 0 Å². The highest BCUT2D eigenvalue weighted by Crippen LogP contribution is 2.23. The SMILES string of the molecule is CCNCC1CCN(CCc2ccc(Br)s2)C1. The summed E-state index contributed by atoms with van der Waals surface area (Å²) in [6.45, 7) is 8.25.